The van der Waals surface area contributed by atoms with E-state index in [1.54, 1.807) is 0 Å². The second kappa shape index (κ2) is 12.8. The van der Waals surface area contributed by atoms with Crippen LogP contribution in [0.5, 0.6) is 0 Å². The zero-order valence-electron chi connectivity index (χ0n) is 19.7. The van der Waals surface area contributed by atoms with Crippen molar-refractivity contribution in [3.8, 4) is 11.1 Å². The molecule has 0 saturated heterocycles. The van der Waals surface area contributed by atoms with Gasteiger partial charge >= 0.3 is 12.1 Å². The lowest BCUT2D eigenvalue weighted by Gasteiger charge is -2.14. The number of carbonyl (C=O) groups is 3. The second-order valence-corrected chi connectivity index (χ2v) is 8.90. The van der Waals surface area contributed by atoms with Crippen molar-refractivity contribution in [1.29, 1.82) is 0 Å². The Morgan fingerprint density at radius 3 is 2.21 bits per heavy atom. The first-order chi connectivity index (χ1) is 16.5. The normalized spacial score (nSPS) is 13.0. The third kappa shape index (κ3) is 7.33. The SMILES string of the molecule is CC(CCNC(=O)CCCCCNC(=O)OCC1c2ccccc2-c2ccccc21)CC(=O)O. The van der Waals surface area contributed by atoms with Gasteiger partial charge in [0.1, 0.15) is 6.61 Å². The van der Waals surface area contributed by atoms with Crippen molar-refractivity contribution in [1.82, 2.24) is 10.6 Å². The Kier molecular flexibility index (Phi) is 9.50. The minimum atomic E-state index is -0.814. The number of rotatable bonds is 13. The van der Waals surface area contributed by atoms with Crippen LogP contribution in [0.3, 0.4) is 0 Å². The number of unbranched alkanes of at least 4 members (excludes halogenated alkanes) is 2. The van der Waals surface area contributed by atoms with E-state index in [0.29, 0.717) is 32.5 Å². The average Bonchev–Trinajstić information content (AvgIpc) is 3.13. The van der Waals surface area contributed by atoms with Gasteiger partial charge in [-0.25, -0.2) is 4.79 Å². The average molecular weight is 467 g/mol. The van der Waals surface area contributed by atoms with Crippen LogP contribution in [-0.4, -0.2) is 42.8 Å². The number of amides is 2. The van der Waals surface area contributed by atoms with Gasteiger partial charge in [0, 0.05) is 31.8 Å². The molecule has 0 heterocycles. The van der Waals surface area contributed by atoms with Gasteiger partial charge < -0.3 is 20.5 Å². The van der Waals surface area contributed by atoms with E-state index in [0.717, 1.165) is 19.3 Å². The molecule has 2 aromatic rings. The van der Waals surface area contributed by atoms with E-state index in [4.69, 9.17) is 9.84 Å². The monoisotopic (exact) mass is 466 g/mol. The van der Waals surface area contributed by atoms with Gasteiger partial charge in [0.05, 0.1) is 0 Å². The van der Waals surface area contributed by atoms with Crippen LogP contribution in [0, 0.1) is 5.92 Å². The van der Waals surface area contributed by atoms with Gasteiger partial charge in [-0.15, -0.1) is 0 Å². The van der Waals surface area contributed by atoms with Gasteiger partial charge in [0.15, 0.2) is 0 Å². The molecule has 0 aromatic heterocycles. The Bertz CT molecular complexity index is 945. The minimum absolute atomic E-state index is 0.0213. The molecule has 0 spiro atoms. The largest absolute Gasteiger partial charge is 0.481 e. The summed E-state index contributed by atoms with van der Waals surface area (Å²) in [5, 5.41) is 14.4. The Morgan fingerprint density at radius 1 is 0.912 bits per heavy atom. The first-order valence-electron chi connectivity index (χ1n) is 12.0. The van der Waals surface area contributed by atoms with Crippen LogP contribution >= 0.6 is 0 Å². The van der Waals surface area contributed by atoms with E-state index in [-0.39, 0.29) is 24.2 Å². The maximum atomic E-state index is 12.2. The zero-order chi connectivity index (χ0) is 24.3. The Hall–Kier alpha value is -3.35. The quantitative estimate of drug-likeness (QED) is 0.371. The molecule has 1 atom stereocenters. The third-order valence-electron chi connectivity index (χ3n) is 6.18. The van der Waals surface area contributed by atoms with Gasteiger partial charge in [0.25, 0.3) is 0 Å². The van der Waals surface area contributed by atoms with Crippen LogP contribution in [0.4, 0.5) is 4.79 Å². The number of ether oxygens (including phenoxy) is 1. The summed E-state index contributed by atoms with van der Waals surface area (Å²) in [6, 6.07) is 16.5. The molecule has 34 heavy (non-hydrogen) atoms. The van der Waals surface area contributed by atoms with E-state index >= 15 is 0 Å². The van der Waals surface area contributed by atoms with Gasteiger partial charge in [-0.05, 0) is 47.4 Å². The van der Waals surface area contributed by atoms with Crippen LogP contribution in [0.2, 0.25) is 0 Å². The number of nitrogens with one attached hydrogen (secondary N) is 2. The van der Waals surface area contributed by atoms with Crippen LogP contribution < -0.4 is 10.6 Å². The first kappa shape index (κ1) is 25.3. The van der Waals surface area contributed by atoms with Crippen molar-refractivity contribution in [2.24, 2.45) is 5.92 Å². The lowest BCUT2D eigenvalue weighted by Crippen LogP contribution is -2.27. The molecule has 182 valence electrons. The molecule has 3 rings (SSSR count). The van der Waals surface area contributed by atoms with Crippen molar-refractivity contribution in [2.45, 2.75) is 51.4 Å². The summed E-state index contributed by atoms with van der Waals surface area (Å²) < 4.78 is 5.52. The lowest BCUT2D eigenvalue weighted by atomic mass is 9.98. The number of hydrogen-bond acceptors (Lipinski definition) is 4. The summed E-state index contributed by atoms with van der Waals surface area (Å²) in [7, 11) is 0. The number of hydrogen-bond donors (Lipinski definition) is 3. The Balaban J connectivity index is 1.27. The first-order valence-corrected chi connectivity index (χ1v) is 12.0. The van der Waals surface area contributed by atoms with Crippen LogP contribution in [-0.2, 0) is 14.3 Å². The number of benzene rings is 2. The molecule has 2 amide bonds. The topological polar surface area (TPSA) is 105 Å². The summed E-state index contributed by atoms with van der Waals surface area (Å²) >= 11 is 0. The molecular weight excluding hydrogens is 432 g/mol. The molecule has 3 N–H and O–H groups in total. The highest BCUT2D eigenvalue weighted by Crippen LogP contribution is 2.44. The third-order valence-corrected chi connectivity index (χ3v) is 6.18. The number of fused-ring (bicyclic) bond motifs is 3. The van der Waals surface area contributed by atoms with E-state index < -0.39 is 12.1 Å². The summed E-state index contributed by atoms with van der Waals surface area (Å²) in [6.07, 6.45) is 3.12. The molecule has 0 bridgehead atoms. The number of carboxylic acid groups (broad SMARTS) is 1. The fraction of sp³-hybridized carbons (Fsp3) is 0.444. The fourth-order valence-electron chi connectivity index (χ4n) is 4.37. The van der Waals surface area contributed by atoms with Crippen molar-refractivity contribution < 1.29 is 24.2 Å². The Labute approximate surface area is 200 Å². The molecule has 1 unspecified atom stereocenters. The predicted molar refractivity (Wildman–Crippen MR) is 131 cm³/mol. The van der Waals surface area contributed by atoms with Crippen molar-refractivity contribution in [3.63, 3.8) is 0 Å². The number of carbonyl (C=O) groups excluding carboxylic acids is 2. The number of carboxylic acids is 1. The van der Waals surface area contributed by atoms with Crippen LogP contribution in [0.1, 0.15) is 62.5 Å². The lowest BCUT2D eigenvalue weighted by molar-refractivity contribution is -0.138. The van der Waals surface area contributed by atoms with Crippen molar-refractivity contribution in [2.75, 3.05) is 19.7 Å². The summed E-state index contributed by atoms with van der Waals surface area (Å²) in [5.41, 5.74) is 4.77. The van der Waals surface area contributed by atoms with Crippen LogP contribution in [0.15, 0.2) is 48.5 Å². The van der Waals surface area contributed by atoms with Gasteiger partial charge in [-0.2, -0.15) is 0 Å². The highest BCUT2D eigenvalue weighted by molar-refractivity contribution is 5.79. The fourth-order valence-corrected chi connectivity index (χ4v) is 4.37. The van der Waals surface area contributed by atoms with Crippen LogP contribution in [0.25, 0.3) is 11.1 Å². The summed E-state index contributed by atoms with van der Waals surface area (Å²) in [4.78, 5) is 34.7. The standard InChI is InChI=1S/C27H34N2O5/c1-19(17-26(31)32)14-16-28-25(30)13-3-2-8-15-29-27(33)34-18-24-22-11-6-4-9-20(22)21-10-5-7-12-23(21)24/h4-7,9-12,19,24H,2-3,8,13-18H2,1H3,(H,28,30)(H,29,33)(H,31,32). The minimum Gasteiger partial charge on any atom is -0.481 e. The molecular formula is C27H34N2O5. The molecule has 7 heteroatoms. The van der Waals surface area contributed by atoms with Crippen molar-refractivity contribution in [3.05, 3.63) is 59.7 Å². The summed E-state index contributed by atoms with van der Waals surface area (Å²) in [6.45, 7) is 3.16. The highest BCUT2D eigenvalue weighted by atomic mass is 16.5. The van der Waals surface area contributed by atoms with E-state index in [2.05, 4.69) is 34.9 Å². The zero-order valence-corrected chi connectivity index (χ0v) is 19.7. The number of aliphatic carboxylic acids is 1. The molecule has 0 radical (unpaired) electrons. The molecule has 1 aliphatic carbocycles. The predicted octanol–water partition coefficient (Wildman–Crippen LogP) is 4.70. The van der Waals surface area contributed by atoms with E-state index in [9.17, 15) is 14.4 Å². The molecule has 1 aliphatic rings. The maximum Gasteiger partial charge on any atom is 0.407 e. The maximum absolute atomic E-state index is 12.2. The molecule has 7 nitrogen and oxygen atoms in total. The highest BCUT2D eigenvalue weighted by Gasteiger charge is 2.28. The van der Waals surface area contributed by atoms with Crippen molar-refractivity contribution >= 4 is 18.0 Å². The molecule has 2 aromatic carbocycles. The Morgan fingerprint density at radius 2 is 1.56 bits per heavy atom. The molecule has 0 saturated carbocycles. The second-order valence-electron chi connectivity index (χ2n) is 8.90. The van der Waals surface area contributed by atoms with E-state index in [1.165, 1.54) is 22.3 Å². The smallest absolute Gasteiger partial charge is 0.407 e. The van der Waals surface area contributed by atoms with E-state index in [1.807, 2.05) is 31.2 Å². The molecule has 0 fully saturated rings. The summed E-state index contributed by atoms with van der Waals surface area (Å²) in [5.74, 6) is -0.747. The van der Waals surface area contributed by atoms with Gasteiger partial charge in [0.2, 0.25) is 5.91 Å². The number of alkyl carbamates (subject to hydrolysis) is 1. The van der Waals surface area contributed by atoms with Gasteiger partial charge in [-0.1, -0.05) is 61.9 Å². The molecule has 0 aliphatic heterocycles. The van der Waals surface area contributed by atoms with Gasteiger partial charge in [-0.3, -0.25) is 9.59 Å².